The van der Waals surface area contributed by atoms with E-state index < -0.39 is 16.8 Å². The molecule has 0 aliphatic rings. The van der Waals surface area contributed by atoms with E-state index in [-0.39, 0.29) is 10.6 Å². The number of hydrogen-bond acceptors (Lipinski definition) is 1. The molecule has 0 fully saturated rings. The topological polar surface area (TPSA) is 23.8 Å². The van der Waals surface area contributed by atoms with Crippen molar-refractivity contribution in [3.05, 3.63) is 33.3 Å². The van der Waals surface area contributed by atoms with Crippen LogP contribution in [0.1, 0.15) is 11.1 Å². The summed E-state index contributed by atoms with van der Waals surface area (Å²) in [5.74, 6) is 0. The predicted octanol–water partition coefficient (Wildman–Crippen LogP) is 3.88. The molecule has 0 heterocycles. The van der Waals surface area contributed by atoms with Gasteiger partial charge in [-0.3, -0.25) is 0 Å². The van der Waals surface area contributed by atoms with Crippen LogP contribution in [0.3, 0.4) is 0 Å². The minimum atomic E-state index is -4.60. The summed E-state index contributed by atoms with van der Waals surface area (Å²) in [7, 11) is 0. The SMILES string of the molecule is N#Cc1cc(Cl)cc(C(F)(F)F)c1Cl. The molecule has 1 aromatic carbocycles. The number of halogens is 5. The van der Waals surface area contributed by atoms with Crippen molar-refractivity contribution in [3.8, 4) is 6.07 Å². The molecule has 0 unspecified atom stereocenters. The maximum atomic E-state index is 12.3. The van der Waals surface area contributed by atoms with Gasteiger partial charge in [0.1, 0.15) is 6.07 Å². The van der Waals surface area contributed by atoms with E-state index in [1.54, 1.807) is 0 Å². The second-order valence-electron chi connectivity index (χ2n) is 2.42. The first kappa shape index (κ1) is 11.2. The van der Waals surface area contributed by atoms with Gasteiger partial charge in [0.25, 0.3) is 0 Å². The van der Waals surface area contributed by atoms with Gasteiger partial charge in [0.15, 0.2) is 0 Å². The van der Waals surface area contributed by atoms with Crippen molar-refractivity contribution in [1.29, 1.82) is 5.26 Å². The Balaban J connectivity index is 3.47. The Labute approximate surface area is 87.7 Å². The molecule has 0 bridgehead atoms. The maximum absolute atomic E-state index is 12.3. The van der Waals surface area contributed by atoms with Crippen LogP contribution in [-0.2, 0) is 6.18 Å². The molecule has 0 aliphatic heterocycles. The van der Waals surface area contributed by atoms with Crippen molar-refractivity contribution in [2.24, 2.45) is 0 Å². The highest BCUT2D eigenvalue weighted by Crippen LogP contribution is 2.37. The van der Waals surface area contributed by atoms with Crippen molar-refractivity contribution in [3.63, 3.8) is 0 Å². The van der Waals surface area contributed by atoms with Crippen LogP contribution in [0.15, 0.2) is 12.1 Å². The molecule has 1 nitrogen and oxygen atoms in total. The van der Waals surface area contributed by atoms with Gasteiger partial charge in [0.05, 0.1) is 16.1 Å². The number of nitrogens with zero attached hydrogens (tertiary/aromatic N) is 1. The van der Waals surface area contributed by atoms with Crippen LogP contribution < -0.4 is 0 Å². The number of hydrogen-bond donors (Lipinski definition) is 0. The monoisotopic (exact) mass is 239 g/mol. The lowest BCUT2D eigenvalue weighted by molar-refractivity contribution is -0.137. The van der Waals surface area contributed by atoms with Gasteiger partial charge in [-0.15, -0.1) is 0 Å². The number of rotatable bonds is 0. The van der Waals surface area contributed by atoms with Crippen LogP contribution in [0.25, 0.3) is 0 Å². The quantitative estimate of drug-likeness (QED) is 0.674. The van der Waals surface area contributed by atoms with E-state index in [4.69, 9.17) is 28.5 Å². The first-order valence-corrected chi connectivity index (χ1v) is 4.08. The van der Waals surface area contributed by atoms with Gasteiger partial charge in [-0.25, -0.2) is 0 Å². The van der Waals surface area contributed by atoms with E-state index in [1.165, 1.54) is 6.07 Å². The summed E-state index contributed by atoms with van der Waals surface area (Å²) in [5, 5.41) is 7.68. The molecule has 0 saturated carbocycles. The minimum absolute atomic E-state index is 0.168. The van der Waals surface area contributed by atoms with Gasteiger partial charge in [0, 0.05) is 5.02 Å². The Morgan fingerprint density at radius 1 is 1.21 bits per heavy atom. The lowest BCUT2D eigenvalue weighted by atomic mass is 10.1. The molecule has 74 valence electrons. The summed E-state index contributed by atoms with van der Waals surface area (Å²) >= 11 is 10.8. The highest BCUT2D eigenvalue weighted by molar-refractivity contribution is 6.34. The third-order valence-electron chi connectivity index (χ3n) is 1.46. The molecule has 0 atom stereocenters. The standard InChI is InChI=1S/C8H2Cl2F3N/c9-5-1-4(3-14)7(10)6(2-5)8(11,12)13/h1-2H. The summed E-state index contributed by atoms with van der Waals surface area (Å²) < 4.78 is 36.9. The van der Waals surface area contributed by atoms with Crippen LogP contribution in [0, 0.1) is 11.3 Å². The van der Waals surface area contributed by atoms with Gasteiger partial charge >= 0.3 is 6.18 Å². The van der Waals surface area contributed by atoms with Crippen molar-refractivity contribution >= 4 is 23.2 Å². The average molecular weight is 240 g/mol. The van der Waals surface area contributed by atoms with Crippen LogP contribution in [0.5, 0.6) is 0 Å². The molecular weight excluding hydrogens is 238 g/mol. The first-order chi connectivity index (χ1) is 6.36. The molecule has 6 heteroatoms. The van der Waals surface area contributed by atoms with Gasteiger partial charge in [-0.1, -0.05) is 23.2 Å². The van der Waals surface area contributed by atoms with E-state index >= 15 is 0 Å². The van der Waals surface area contributed by atoms with Crippen molar-refractivity contribution in [2.75, 3.05) is 0 Å². The maximum Gasteiger partial charge on any atom is 0.417 e. The van der Waals surface area contributed by atoms with Crippen LogP contribution in [-0.4, -0.2) is 0 Å². The Hall–Kier alpha value is -0.920. The summed E-state index contributed by atoms with van der Waals surface area (Å²) in [5.41, 5.74) is -1.38. The zero-order chi connectivity index (χ0) is 10.9. The molecule has 0 amide bonds. The number of benzene rings is 1. The van der Waals surface area contributed by atoms with Gasteiger partial charge in [0.2, 0.25) is 0 Å². The van der Waals surface area contributed by atoms with Crippen molar-refractivity contribution in [1.82, 2.24) is 0 Å². The molecule has 14 heavy (non-hydrogen) atoms. The third-order valence-corrected chi connectivity index (χ3v) is 2.09. The smallest absolute Gasteiger partial charge is 0.192 e. The number of nitriles is 1. The summed E-state index contributed by atoms with van der Waals surface area (Å²) in [4.78, 5) is 0. The highest BCUT2D eigenvalue weighted by atomic mass is 35.5. The Kier molecular flexibility index (Phi) is 2.93. The fourth-order valence-electron chi connectivity index (χ4n) is 0.877. The summed E-state index contributed by atoms with van der Waals surface area (Å²) in [6.07, 6.45) is -4.60. The summed E-state index contributed by atoms with van der Waals surface area (Å²) in [6, 6.07) is 3.30. The summed E-state index contributed by atoms with van der Waals surface area (Å²) in [6.45, 7) is 0. The van der Waals surface area contributed by atoms with Gasteiger partial charge in [-0.05, 0) is 12.1 Å². The molecule has 0 aromatic heterocycles. The van der Waals surface area contributed by atoms with E-state index in [2.05, 4.69) is 0 Å². The molecule has 0 saturated heterocycles. The van der Waals surface area contributed by atoms with Gasteiger partial charge < -0.3 is 0 Å². The van der Waals surface area contributed by atoms with Crippen LogP contribution in [0.4, 0.5) is 13.2 Å². The Bertz CT molecular complexity index is 406. The fraction of sp³-hybridized carbons (Fsp3) is 0.125. The normalized spacial score (nSPS) is 11.1. The second kappa shape index (κ2) is 3.68. The molecule has 1 aromatic rings. The van der Waals surface area contributed by atoms with Crippen LogP contribution in [0.2, 0.25) is 10.0 Å². The van der Waals surface area contributed by atoms with E-state index in [1.807, 2.05) is 0 Å². The fourth-order valence-corrected chi connectivity index (χ4v) is 1.35. The minimum Gasteiger partial charge on any atom is -0.192 e. The lowest BCUT2D eigenvalue weighted by Gasteiger charge is -2.09. The molecule has 0 aliphatic carbocycles. The average Bonchev–Trinajstić information content (AvgIpc) is 2.06. The molecule has 0 N–H and O–H groups in total. The lowest BCUT2D eigenvalue weighted by Crippen LogP contribution is -2.06. The first-order valence-electron chi connectivity index (χ1n) is 3.32. The van der Waals surface area contributed by atoms with Gasteiger partial charge in [-0.2, -0.15) is 18.4 Å². The largest absolute Gasteiger partial charge is 0.417 e. The third kappa shape index (κ3) is 2.11. The molecule has 1 rings (SSSR count). The second-order valence-corrected chi connectivity index (χ2v) is 3.24. The van der Waals surface area contributed by atoms with E-state index in [0.29, 0.717) is 6.07 Å². The predicted molar refractivity (Wildman–Crippen MR) is 46.2 cm³/mol. The molecular formula is C8H2Cl2F3N. The van der Waals surface area contributed by atoms with Crippen LogP contribution >= 0.6 is 23.2 Å². The van der Waals surface area contributed by atoms with Crippen molar-refractivity contribution < 1.29 is 13.2 Å². The zero-order valence-corrected chi connectivity index (χ0v) is 8.00. The molecule has 0 spiro atoms. The Morgan fingerprint density at radius 3 is 2.21 bits per heavy atom. The van der Waals surface area contributed by atoms with E-state index in [9.17, 15) is 13.2 Å². The Morgan fingerprint density at radius 2 is 1.79 bits per heavy atom. The zero-order valence-electron chi connectivity index (χ0n) is 6.49. The van der Waals surface area contributed by atoms with Crippen molar-refractivity contribution in [2.45, 2.75) is 6.18 Å². The highest BCUT2D eigenvalue weighted by Gasteiger charge is 2.34. The molecule has 0 radical (unpaired) electrons. The van der Waals surface area contributed by atoms with E-state index in [0.717, 1.165) is 6.07 Å². The number of alkyl halides is 3.